The van der Waals surface area contributed by atoms with Crippen LogP contribution >= 0.6 is 0 Å². The molecule has 0 spiro atoms. The van der Waals surface area contributed by atoms with Gasteiger partial charge in [-0.1, -0.05) is 12.1 Å². The minimum atomic E-state index is -0.136. The van der Waals surface area contributed by atoms with Crippen molar-refractivity contribution >= 4 is 11.6 Å². The molecule has 0 aliphatic heterocycles. The molecule has 0 saturated carbocycles. The number of nitrogens with two attached hydrogens (primary N) is 1. The minimum Gasteiger partial charge on any atom is -0.352 e. The lowest BCUT2D eigenvalue weighted by atomic mass is 10.1. The lowest BCUT2D eigenvalue weighted by Crippen LogP contribution is -2.27. The van der Waals surface area contributed by atoms with Gasteiger partial charge in [-0.05, 0) is 36.2 Å². The molecular weight excluding hydrogens is 240 g/mol. The Bertz CT molecular complexity index is 542. The first-order chi connectivity index (χ1) is 9.31. The zero-order valence-electron chi connectivity index (χ0n) is 10.5. The fourth-order valence-electron chi connectivity index (χ4n) is 1.77. The van der Waals surface area contributed by atoms with Gasteiger partial charge in [-0.15, -0.1) is 0 Å². The number of benzene rings is 1. The Kier molecular flexibility index (Phi) is 4.47. The van der Waals surface area contributed by atoms with E-state index in [4.69, 9.17) is 5.84 Å². The highest BCUT2D eigenvalue weighted by Gasteiger charge is 2.09. The fraction of sp³-hybridized carbons (Fsp3) is 0.143. The number of carbonyl (C=O) groups is 1. The van der Waals surface area contributed by atoms with Gasteiger partial charge in [0.15, 0.2) is 0 Å². The van der Waals surface area contributed by atoms with E-state index in [1.807, 2.05) is 18.2 Å². The smallest absolute Gasteiger partial charge is 0.253 e. The van der Waals surface area contributed by atoms with E-state index < -0.39 is 0 Å². The maximum atomic E-state index is 12.0. The summed E-state index contributed by atoms with van der Waals surface area (Å²) in [5.41, 5.74) is 4.81. The van der Waals surface area contributed by atoms with Crippen LogP contribution in [0.15, 0.2) is 48.8 Å². The highest BCUT2D eigenvalue weighted by molar-refractivity contribution is 5.99. The predicted octanol–water partition coefficient (Wildman–Crippen LogP) is 1.34. The molecule has 1 heterocycles. The topological polar surface area (TPSA) is 80.0 Å². The standard InChI is InChI=1S/C14H16N4O/c15-18-13-4-2-1-3-12(13)14(19)17-10-7-11-5-8-16-9-6-11/h1-6,8-9,18H,7,10,15H2,(H,17,19). The normalized spacial score (nSPS) is 9.95. The molecule has 0 radical (unpaired) electrons. The van der Waals surface area contributed by atoms with Crippen LogP contribution in [0.4, 0.5) is 5.69 Å². The van der Waals surface area contributed by atoms with Crippen LogP contribution in [0.3, 0.4) is 0 Å². The first-order valence-corrected chi connectivity index (χ1v) is 6.04. The SMILES string of the molecule is NNc1ccccc1C(=O)NCCc1ccncc1. The van der Waals surface area contributed by atoms with Crippen molar-refractivity contribution in [3.8, 4) is 0 Å². The van der Waals surface area contributed by atoms with Gasteiger partial charge in [0, 0.05) is 18.9 Å². The third kappa shape index (κ3) is 3.53. The number of anilines is 1. The monoisotopic (exact) mass is 256 g/mol. The van der Waals surface area contributed by atoms with Crippen LogP contribution < -0.4 is 16.6 Å². The molecule has 2 aromatic rings. The highest BCUT2D eigenvalue weighted by Crippen LogP contribution is 2.12. The minimum absolute atomic E-state index is 0.136. The van der Waals surface area contributed by atoms with Crippen LogP contribution in [-0.4, -0.2) is 17.4 Å². The molecule has 19 heavy (non-hydrogen) atoms. The number of nitrogens with one attached hydrogen (secondary N) is 2. The van der Waals surface area contributed by atoms with Crippen molar-refractivity contribution in [2.45, 2.75) is 6.42 Å². The largest absolute Gasteiger partial charge is 0.352 e. The summed E-state index contributed by atoms with van der Waals surface area (Å²) in [4.78, 5) is 15.9. The molecule has 5 nitrogen and oxygen atoms in total. The molecular formula is C14H16N4O. The molecule has 5 heteroatoms. The van der Waals surface area contributed by atoms with Gasteiger partial charge < -0.3 is 10.7 Å². The summed E-state index contributed by atoms with van der Waals surface area (Å²) in [5, 5.41) is 2.87. The summed E-state index contributed by atoms with van der Waals surface area (Å²) in [6, 6.07) is 11.0. The van der Waals surface area contributed by atoms with E-state index in [0.29, 0.717) is 17.8 Å². The number of nitrogens with zero attached hydrogens (tertiary/aromatic N) is 1. The Morgan fingerprint density at radius 3 is 2.63 bits per heavy atom. The van der Waals surface area contributed by atoms with Crippen molar-refractivity contribution in [3.63, 3.8) is 0 Å². The van der Waals surface area contributed by atoms with E-state index >= 15 is 0 Å². The zero-order valence-corrected chi connectivity index (χ0v) is 10.5. The number of hydrogen-bond donors (Lipinski definition) is 3. The van der Waals surface area contributed by atoms with Crippen molar-refractivity contribution in [2.75, 3.05) is 12.0 Å². The van der Waals surface area contributed by atoms with Gasteiger partial charge in [0.1, 0.15) is 0 Å². The van der Waals surface area contributed by atoms with Gasteiger partial charge in [-0.25, -0.2) is 0 Å². The fourth-order valence-corrected chi connectivity index (χ4v) is 1.77. The molecule has 0 aliphatic carbocycles. The van der Waals surface area contributed by atoms with Crippen molar-refractivity contribution in [3.05, 3.63) is 59.9 Å². The van der Waals surface area contributed by atoms with Crippen LogP contribution in [0.1, 0.15) is 15.9 Å². The third-order valence-corrected chi connectivity index (χ3v) is 2.78. The Balaban J connectivity index is 1.91. The second-order valence-corrected chi connectivity index (χ2v) is 4.05. The van der Waals surface area contributed by atoms with Crippen LogP contribution in [0.2, 0.25) is 0 Å². The third-order valence-electron chi connectivity index (χ3n) is 2.78. The van der Waals surface area contributed by atoms with E-state index in [1.54, 1.807) is 30.6 Å². The number of hydrazine groups is 1. The lowest BCUT2D eigenvalue weighted by Gasteiger charge is -2.09. The van der Waals surface area contributed by atoms with Gasteiger partial charge in [0.05, 0.1) is 11.3 Å². The quantitative estimate of drug-likeness (QED) is 0.557. The average Bonchev–Trinajstić information content (AvgIpc) is 2.48. The second kappa shape index (κ2) is 6.51. The molecule has 2 rings (SSSR count). The average molecular weight is 256 g/mol. The van der Waals surface area contributed by atoms with Gasteiger partial charge in [0.25, 0.3) is 5.91 Å². The van der Waals surface area contributed by atoms with Crippen LogP contribution in [0.5, 0.6) is 0 Å². The molecule has 1 aromatic heterocycles. The number of carbonyl (C=O) groups excluding carboxylic acids is 1. The number of para-hydroxylation sites is 1. The predicted molar refractivity (Wildman–Crippen MR) is 74.5 cm³/mol. The Hall–Kier alpha value is -2.40. The molecule has 0 aliphatic rings. The van der Waals surface area contributed by atoms with E-state index in [2.05, 4.69) is 15.7 Å². The molecule has 0 unspecified atom stereocenters. The van der Waals surface area contributed by atoms with Crippen molar-refractivity contribution < 1.29 is 4.79 Å². The lowest BCUT2D eigenvalue weighted by molar-refractivity contribution is 0.0955. The van der Waals surface area contributed by atoms with E-state index in [0.717, 1.165) is 12.0 Å². The number of aromatic nitrogens is 1. The van der Waals surface area contributed by atoms with Crippen molar-refractivity contribution in [1.29, 1.82) is 0 Å². The van der Waals surface area contributed by atoms with Crippen LogP contribution in [-0.2, 0) is 6.42 Å². The molecule has 0 fully saturated rings. The van der Waals surface area contributed by atoms with E-state index in [9.17, 15) is 4.79 Å². The Labute approximate surface area is 111 Å². The molecule has 1 aromatic carbocycles. The first kappa shape index (κ1) is 13.0. The number of nitrogen functional groups attached to an aromatic ring is 1. The molecule has 1 amide bonds. The maximum Gasteiger partial charge on any atom is 0.253 e. The molecule has 0 bridgehead atoms. The molecule has 4 N–H and O–H groups in total. The summed E-state index contributed by atoms with van der Waals surface area (Å²) < 4.78 is 0. The number of rotatable bonds is 5. The van der Waals surface area contributed by atoms with Crippen LogP contribution in [0.25, 0.3) is 0 Å². The van der Waals surface area contributed by atoms with Crippen molar-refractivity contribution in [1.82, 2.24) is 10.3 Å². The molecule has 98 valence electrons. The zero-order chi connectivity index (χ0) is 13.5. The summed E-state index contributed by atoms with van der Waals surface area (Å²) in [7, 11) is 0. The Morgan fingerprint density at radius 1 is 1.16 bits per heavy atom. The summed E-state index contributed by atoms with van der Waals surface area (Å²) >= 11 is 0. The highest BCUT2D eigenvalue weighted by atomic mass is 16.1. The second-order valence-electron chi connectivity index (χ2n) is 4.05. The molecule has 0 saturated heterocycles. The number of amides is 1. The summed E-state index contributed by atoms with van der Waals surface area (Å²) in [5.74, 6) is 5.23. The Morgan fingerprint density at radius 2 is 1.89 bits per heavy atom. The first-order valence-electron chi connectivity index (χ1n) is 6.04. The van der Waals surface area contributed by atoms with Crippen LogP contribution in [0, 0.1) is 0 Å². The van der Waals surface area contributed by atoms with Crippen molar-refractivity contribution in [2.24, 2.45) is 5.84 Å². The van der Waals surface area contributed by atoms with Gasteiger partial charge in [0.2, 0.25) is 0 Å². The van der Waals surface area contributed by atoms with Gasteiger partial charge in [-0.3, -0.25) is 15.6 Å². The van der Waals surface area contributed by atoms with Gasteiger partial charge in [-0.2, -0.15) is 0 Å². The molecule has 0 atom stereocenters. The maximum absolute atomic E-state index is 12.0. The number of pyridine rings is 1. The van der Waals surface area contributed by atoms with E-state index in [-0.39, 0.29) is 5.91 Å². The number of hydrogen-bond acceptors (Lipinski definition) is 4. The summed E-state index contributed by atoms with van der Waals surface area (Å²) in [6.45, 7) is 0.571. The van der Waals surface area contributed by atoms with Gasteiger partial charge >= 0.3 is 0 Å². The summed E-state index contributed by atoms with van der Waals surface area (Å²) in [6.07, 6.45) is 4.25. The van der Waals surface area contributed by atoms with E-state index in [1.165, 1.54) is 0 Å².